The number of rotatable bonds is 2. The summed E-state index contributed by atoms with van der Waals surface area (Å²) >= 11 is 0. The van der Waals surface area contributed by atoms with Gasteiger partial charge in [0.2, 0.25) is 0 Å². The van der Waals surface area contributed by atoms with Crippen molar-refractivity contribution in [3.05, 3.63) is 59.2 Å². The molecule has 0 fully saturated rings. The van der Waals surface area contributed by atoms with Crippen LogP contribution in [0.15, 0.2) is 52.7 Å². The van der Waals surface area contributed by atoms with Gasteiger partial charge in [-0.15, -0.1) is 5.92 Å². The molecule has 2 rings (SSSR count). The smallest absolute Gasteiger partial charge is 0.0872 e. The number of aryl methyl sites for hydroxylation is 1. The third-order valence-corrected chi connectivity index (χ3v) is 2.95. The van der Waals surface area contributed by atoms with E-state index in [1.807, 2.05) is 49.4 Å². The largest absolute Gasteiger partial charge is 0.151 e. The maximum Gasteiger partial charge on any atom is 0.0872 e. The molecule has 0 spiro atoms. The number of azo groups is 1. The molecular formula is C17H16N2. The fourth-order valence-corrected chi connectivity index (χ4v) is 1.77. The Balaban J connectivity index is 2.35. The highest BCUT2D eigenvalue weighted by Gasteiger charge is 2.02. The third-order valence-electron chi connectivity index (χ3n) is 2.95. The number of hydrogen-bond acceptors (Lipinski definition) is 2. The van der Waals surface area contributed by atoms with E-state index in [0.29, 0.717) is 0 Å². The van der Waals surface area contributed by atoms with Crippen LogP contribution in [0.2, 0.25) is 0 Å². The van der Waals surface area contributed by atoms with Crippen LogP contribution < -0.4 is 0 Å². The molecule has 0 aromatic heterocycles. The van der Waals surface area contributed by atoms with Crippen molar-refractivity contribution < 1.29 is 0 Å². The lowest BCUT2D eigenvalue weighted by Crippen LogP contribution is -1.86. The van der Waals surface area contributed by atoms with Gasteiger partial charge >= 0.3 is 0 Å². The summed E-state index contributed by atoms with van der Waals surface area (Å²) in [5.41, 5.74) is 5.09. The molecule has 2 nitrogen and oxygen atoms in total. The van der Waals surface area contributed by atoms with Crippen molar-refractivity contribution in [1.82, 2.24) is 0 Å². The molecule has 0 radical (unpaired) electrons. The van der Waals surface area contributed by atoms with Crippen LogP contribution in [0.3, 0.4) is 0 Å². The van der Waals surface area contributed by atoms with Crippen molar-refractivity contribution in [2.45, 2.75) is 20.8 Å². The Hall–Kier alpha value is -2.40. The lowest BCUT2D eigenvalue weighted by atomic mass is 10.0. The number of hydrogen-bond donors (Lipinski definition) is 0. The Morgan fingerprint density at radius 3 is 2.26 bits per heavy atom. The topological polar surface area (TPSA) is 24.7 Å². The molecule has 94 valence electrons. The summed E-state index contributed by atoms with van der Waals surface area (Å²) in [6.45, 7) is 5.98. The van der Waals surface area contributed by atoms with Crippen LogP contribution in [0.25, 0.3) is 0 Å². The van der Waals surface area contributed by atoms with E-state index in [1.54, 1.807) is 0 Å². The van der Waals surface area contributed by atoms with E-state index in [2.05, 4.69) is 35.9 Å². The van der Waals surface area contributed by atoms with Crippen molar-refractivity contribution >= 4 is 11.4 Å². The second-order valence-corrected chi connectivity index (χ2v) is 4.35. The molecule has 2 aromatic carbocycles. The third kappa shape index (κ3) is 3.29. The van der Waals surface area contributed by atoms with Gasteiger partial charge in [0.25, 0.3) is 0 Å². The predicted molar refractivity (Wildman–Crippen MR) is 79.1 cm³/mol. The van der Waals surface area contributed by atoms with Gasteiger partial charge in [0.1, 0.15) is 0 Å². The molecular weight excluding hydrogens is 232 g/mol. The average molecular weight is 248 g/mol. The minimum atomic E-state index is 0.838. The first kappa shape index (κ1) is 13.0. The van der Waals surface area contributed by atoms with Crippen molar-refractivity contribution in [1.29, 1.82) is 0 Å². The molecule has 0 unspecified atom stereocenters. The molecule has 0 aliphatic carbocycles. The standard InChI is InChI=1S/C17H16N2/c1-4-8-15-12-17(11-13(2)14(15)3)19-18-16-9-6-5-7-10-16/h5-7,9-12H,1-3H3/b19-18+. The first-order chi connectivity index (χ1) is 9.20. The Bertz CT molecular complexity index is 659. The van der Waals surface area contributed by atoms with Gasteiger partial charge < -0.3 is 0 Å². The zero-order chi connectivity index (χ0) is 13.7. The molecule has 0 saturated heterocycles. The number of benzene rings is 2. The Labute approximate surface area is 114 Å². The zero-order valence-electron chi connectivity index (χ0n) is 11.4. The van der Waals surface area contributed by atoms with Crippen LogP contribution in [0.4, 0.5) is 11.4 Å². The monoisotopic (exact) mass is 248 g/mol. The van der Waals surface area contributed by atoms with Gasteiger partial charge in [-0.05, 0) is 56.2 Å². The SMILES string of the molecule is CC#Cc1cc(/N=N/c2ccccc2)cc(C)c1C. The fourth-order valence-electron chi connectivity index (χ4n) is 1.77. The molecule has 0 saturated carbocycles. The lowest BCUT2D eigenvalue weighted by molar-refractivity contribution is 1.21. The van der Waals surface area contributed by atoms with E-state index in [1.165, 1.54) is 11.1 Å². The van der Waals surface area contributed by atoms with Crippen LogP contribution in [-0.2, 0) is 0 Å². The minimum absolute atomic E-state index is 0.838. The molecule has 19 heavy (non-hydrogen) atoms. The molecule has 2 aromatic rings. The van der Waals surface area contributed by atoms with Crippen molar-refractivity contribution in [2.24, 2.45) is 10.2 Å². The Kier molecular flexibility index (Phi) is 4.10. The normalized spacial score (nSPS) is 10.3. The van der Waals surface area contributed by atoms with Gasteiger partial charge in [-0.3, -0.25) is 0 Å². The van der Waals surface area contributed by atoms with E-state index in [4.69, 9.17) is 0 Å². The summed E-state index contributed by atoms with van der Waals surface area (Å²) in [7, 11) is 0. The van der Waals surface area contributed by atoms with Crippen molar-refractivity contribution in [3.63, 3.8) is 0 Å². The predicted octanol–water partition coefficient (Wildman–Crippen LogP) is 5.09. The lowest BCUT2D eigenvalue weighted by Gasteiger charge is -2.04. The van der Waals surface area contributed by atoms with E-state index in [-0.39, 0.29) is 0 Å². The summed E-state index contributed by atoms with van der Waals surface area (Å²) in [6.07, 6.45) is 0. The highest BCUT2D eigenvalue weighted by atomic mass is 15.1. The van der Waals surface area contributed by atoms with Gasteiger partial charge in [0.05, 0.1) is 11.4 Å². The quantitative estimate of drug-likeness (QED) is 0.522. The molecule has 0 aliphatic rings. The highest BCUT2D eigenvalue weighted by Crippen LogP contribution is 2.23. The van der Waals surface area contributed by atoms with Crippen LogP contribution >= 0.6 is 0 Å². The van der Waals surface area contributed by atoms with E-state index >= 15 is 0 Å². The summed E-state index contributed by atoms with van der Waals surface area (Å²) in [6, 6.07) is 13.7. The Morgan fingerprint density at radius 1 is 0.895 bits per heavy atom. The summed E-state index contributed by atoms with van der Waals surface area (Å²) in [4.78, 5) is 0. The van der Waals surface area contributed by atoms with Gasteiger partial charge in [-0.25, -0.2) is 0 Å². The second kappa shape index (κ2) is 5.97. The van der Waals surface area contributed by atoms with E-state index in [9.17, 15) is 0 Å². The van der Waals surface area contributed by atoms with Crippen LogP contribution in [0.5, 0.6) is 0 Å². The molecule has 0 amide bonds. The molecule has 0 heterocycles. The minimum Gasteiger partial charge on any atom is -0.151 e. The summed E-state index contributed by atoms with van der Waals surface area (Å²) in [5.74, 6) is 6.03. The van der Waals surface area contributed by atoms with Gasteiger partial charge in [-0.2, -0.15) is 10.2 Å². The average Bonchev–Trinajstić information content (AvgIpc) is 2.43. The molecule has 2 heteroatoms. The molecule has 0 bridgehead atoms. The summed E-state index contributed by atoms with van der Waals surface area (Å²) in [5, 5.41) is 8.50. The van der Waals surface area contributed by atoms with Crippen LogP contribution in [0.1, 0.15) is 23.6 Å². The molecule has 0 aliphatic heterocycles. The highest BCUT2D eigenvalue weighted by molar-refractivity contribution is 5.54. The molecule has 0 N–H and O–H groups in total. The van der Waals surface area contributed by atoms with Gasteiger partial charge in [-0.1, -0.05) is 24.1 Å². The Morgan fingerprint density at radius 2 is 1.58 bits per heavy atom. The fraction of sp³-hybridized carbons (Fsp3) is 0.176. The molecule has 0 atom stereocenters. The van der Waals surface area contributed by atoms with Crippen molar-refractivity contribution in [2.75, 3.05) is 0 Å². The first-order valence-electron chi connectivity index (χ1n) is 6.21. The van der Waals surface area contributed by atoms with E-state index in [0.717, 1.165) is 16.9 Å². The van der Waals surface area contributed by atoms with Gasteiger partial charge in [0.15, 0.2) is 0 Å². The number of nitrogens with zero attached hydrogens (tertiary/aromatic N) is 2. The maximum absolute atomic E-state index is 4.28. The maximum atomic E-state index is 4.28. The van der Waals surface area contributed by atoms with Crippen LogP contribution in [0, 0.1) is 25.7 Å². The zero-order valence-corrected chi connectivity index (χ0v) is 11.4. The first-order valence-corrected chi connectivity index (χ1v) is 6.21. The van der Waals surface area contributed by atoms with E-state index < -0.39 is 0 Å². The van der Waals surface area contributed by atoms with Gasteiger partial charge in [0, 0.05) is 5.56 Å². The summed E-state index contributed by atoms with van der Waals surface area (Å²) < 4.78 is 0. The van der Waals surface area contributed by atoms with Crippen molar-refractivity contribution in [3.8, 4) is 11.8 Å². The van der Waals surface area contributed by atoms with Crippen LogP contribution in [-0.4, -0.2) is 0 Å². The second-order valence-electron chi connectivity index (χ2n) is 4.35.